The predicted molar refractivity (Wildman–Crippen MR) is 215 cm³/mol. The first-order valence-electron chi connectivity index (χ1n) is 17.1. The van der Waals surface area contributed by atoms with E-state index in [4.69, 9.17) is 9.97 Å². The van der Waals surface area contributed by atoms with Gasteiger partial charge >= 0.3 is 0 Å². The summed E-state index contributed by atoms with van der Waals surface area (Å²) in [6.07, 6.45) is 7.87. The fourth-order valence-electron chi connectivity index (χ4n) is 8.25. The molecule has 6 aromatic carbocycles. The number of nitrogens with zero attached hydrogens (tertiary/aromatic N) is 3. The molecule has 11 rings (SSSR count). The molecule has 5 heteroatoms. The van der Waals surface area contributed by atoms with Gasteiger partial charge in [-0.15, -0.1) is 11.3 Å². The van der Waals surface area contributed by atoms with Crippen LogP contribution < -0.4 is 0 Å². The largest absolute Gasteiger partial charge is 0.278 e. The lowest BCUT2D eigenvalue weighted by atomic mass is 9.94. The lowest BCUT2D eigenvalue weighted by molar-refractivity contribution is 0.739. The van der Waals surface area contributed by atoms with Gasteiger partial charge in [0.1, 0.15) is 0 Å². The molecule has 3 nitrogen and oxygen atoms in total. The van der Waals surface area contributed by atoms with Crippen LogP contribution in [0, 0.1) is 5.92 Å². The summed E-state index contributed by atoms with van der Waals surface area (Å²) in [4.78, 5) is 11.9. The van der Waals surface area contributed by atoms with Gasteiger partial charge in [-0.05, 0) is 87.8 Å². The number of halogens is 1. The quantitative estimate of drug-likeness (QED) is 0.182. The second-order valence-corrected chi connectivity index (χ2v) is 15.5. The van der Waals surface area contributed by atoms with Crippen molar-refractivity contribution in [2.45, 2.75) is 13.3 Å². The van der Waals surface area contributed by atoms with E-state index in [9.17, 15) is 0 Å². The Balaban J connectivity index is 1.10. The van der Waals surface area contributed by atoms with Gasteiger partial charge < -0.3 is 0 Å². The molecule has 1 atom stereocenters. The molecule has 0 saturated heterocycles. The van der Waals surface area contributed by atoms with Crippen LogP contribution in [-0.2, 0) is 0 Å². The van der Waals surface area contributed by atoms with Gasteiger partial charge in [-0.25, -0.2) is 9.97 Å². The van der Waals surface area contributed by atoms with Gasteiger partial charge in [0.05, 0.1) is 22.2 Å². The van der Waals surface area contributed by atoms with E-state index in [1.165, 1.54) is 64.3 Å². The zero-order valence-electron chi connectivity index (χ0n) is 27.1. The van der Waals surface area contributed by atoms with Crippen molar-refractivity contribution in [3.05, 3.63) is 144 Å². The topological polar surface area (TPSA) is 30.7 Å². The molecule has 3 heterocycles. The van der Waals surface area contributed by atoms with Crippen LogP contribution in [0.15, 0.2) is 138 Å². The second kappa shape index (κ2) is 10.6. The van der Waals surface area contributed by atoms with Crippen LogP contribution in [0.1, 0.15) is 19.0 Å². The summed E-state index contributed by atoms with van der Waals surface area (Å²) in [5.41, 5.74) is 11.8. The fraction of sp³-hybridized carbons (Fsp3) is 0.0667. The van der Waals surface area contributed by atoms with Crippen LogP contribution in [0.5, 0.6) is 0 Å². The molecule has 2 aliphatic carbocycles. The first kappa shape index (κ1) is 28.5. The zero-order chi connectivity index (χ0) is 33.1. The highest BCUT2D eigenvalue weighted by atomic mass is 79.9. The van der Waals surface area contributed by atoms with Crippen molar-refractivity contribution in [1.29, 1.82) is 0 Å². The van der Waals surface area contributed by atoms with Gasteiger partial charge in [0.15, 0.2) is 0 Å². The summed E-state index contributed by atoms with van der Waals surface area (Å²) in [7, 11) is 0. The number of rotatable bonds is 3. The average molecular weight is 723 g/mol. The van der Waals surface area contributed by atoms with Crippen LogP contribution in [0.2, 0.25) is 0 Å². The number of aromatic nitrogens is 3. The van der Waals surface area contributed by atoms with Crippen molar-refractivity contribution < 1.29 is 0 Å². The van der Waals surface area contributed by atoms with E-state index in [1.54, 1.807) is 0 Å². The molecule has 0 aliphatic heterocycles. The van der Waals surface area contributed by atoms with Gasteiger partial charge in [0, 0.05) is 46.7 Å². The summed E-state index contributed by atoms with van der Waals surface area (Å²) >= 11 is 5.70. The maximum atomic E-state index is 5.31. The molecular weight excluding hydrogens is 694 g/mol. The maximum absolute atomic E-state index is 5.31. The first-order chi connectivity index (χ1) is 24.6. The van der Waals surface area contributed by atoms with Gasteiger partial charge in [-0.2, -0.15) is 0 Å². The minimum Gasteiger partial charge on any atom is -0.278 e. The molecule has 0 amide bonds. The number of para-hydroxylation sites is 2. The van der Waals surface area contributed by atoms with Crippen molar-refractivity contribution in [1.82, 2.24) is 14.5 Å². The Morgan fingerprint density at radius 2 is 1.48 bits per heavy atom. The third kappa shape index (κ3) is 4.02. The zero-order valence-corrected chi connectivity index (χ0v) is 29.5. The standard InChI is InChI=1S/C45H28BrN3S/c1-25-8-6-9-28(22-25)43-31-11-2-4-14-37(31)47-45(48-43)49-38-15-5-3-10-29(38)34-23-26(16-20-39(34)49)27-17-21-40-35(24-27)42-32-18-19-36(46)30-12-7-13-33(41(30)32)44(42)50-40/h2-7,9-25H,8H2,1H3. The molecule has 50 heavy (non-hydrogen) atoms. The van der Waals surface area contributed by atoms with Crippen molar-refractivity contribution in [2.75, 3.05) is 0 Å². The van der Waals surface area contributed by atoms with Crippen molar-refractivity contribution in [3.8, 4) is 38.6 Å². The Bertz CT molecular complexity index is 3000. The van der Waals surface area contributed by atoms with E-state index in [-0.39, 0.29) is 0 Å². The van der Waals surface area contributed by atoms with E-state index in [2.05, 4.69) is 161 Å². The van der Waals surface area contributed by atoms with Crippen LogP contribution in [0.3, 0.4) is 0 Å². The maximum Gasteiger partial charge on any atom is 0.235 e. The number of thiophene rings is 1. The highest BCUT2D eigenvalue weighted by molar-refractivity contribution is 9.10. The van der Waals surface area contributed by atoms with Crippen LogP contribution >= 0.6 is 27.3 Å². The minimum absolute atomic E-state index is 0.472. The van der Waals surface area contributed by atoms with E-state index in [1.807, 2.05) is 11.3 Å². The summed E-state index contributed by atoms with van der Waals surface area (Å²) in [5, 5.41) is 7.42. The number of hydrogen-bond acceptors (Lipinski definition) is 3. The molecule has 0 radical (unpaired) electrons. The molecular formula is C45H28BrN3S. The van der Waals surface area contributed by atoms with Crippen molar-refractivity contribution in [3.63, 3.8) is 0 Å². The molecule has 1 unspecified atom stereocenters. The van der Waals surface area contributed by atoms with Crippen molar-refractivity contribution >= 4 is 86.4 Å². The summed E-state index contributed by atoms with van der Waals surface area (Å²) in [6.45, 7) is 2.26. The lowest BCUT2D eigenvalue weighted by Gasteiger charge is -2.15. The smallest absolute Gasteiger partial charge is 0.235 e. The van der Waals surface area contributed by atoms with Gasteiger partial charge in [-0.1, -0.05) is 114 Å². The Morgan fingerprint density at radius 1 is 0.700 bits per heavy atom. The molecule has 2 aliphatic rings. The van der Waals surface area contributed by atoms with Crippen LogP contribution in [0.25, 0.3) is 97.8 Å². The Kier molecular flexibility index (Phi) is 6.02. The first-order valence-corrected chi connectivity index (χ1v) is 18.7. The molecule has 0 fully saturated rings. The second-order valence-electron chi connectivity index (χ2n) is 13.6. The Hall–Kier alpha value is -5.36. The predicted octanol–water partition coefficient (Wildman–Crippen LogP) is 13.2. The van der Waals surface area contributed by atoms with Crippen molar-refractivity contribution in [2.24, 2.45) is 5.92 Å². The third-order valence-corrected chi connectivity index (χ3v) is 12.4. The highest BCUT2D eigenvalue weighted by Crippen LogP contribution is 2.55. The van der Waals surface area contributed by atoms with E-state index in [0.29, 0.717) is 11.9 Å². The summed E-state index contributed by atoms with van der Waals surface area (Å²) in [5.74, 6) is 1.17. The third-order valence-electron chi connectivity index (χ3n) is 10.5. The van der Waals surface area contributed by atoms with Crippen LogP contribution in [-0.4, -0.2) is 14.5 Å². The minimum atomic E-state index is 0.472. The monoisotopic (exact) mass is 721 g/mol. The molecule has 236 valence electrons. The number of fused-ring (bicyclic) bond motifs is 9. The number of hydrogen-bond donors (Lipinski definition) is 0. The van der Waals surface area contributed by atoms with E-state index < -0.39 is 0 Å². The summed E-state index contributed by atoms with van der Waals surface area (Å²) in [6, 6.07) is 42.0. The molecule has 0 N–H and O–H groups in total. The Labute approximate surface area is 301 Å². The average Bonchev–Trinajstić information content (AvgIpc) is 3.80. The number of benzene rings is 6. The normalized spacial score (nSPS) is 15.2. The Morgan fingerprint density at radius 3 is 2.38 bits per heavy atom. The molecule has 3 aromatic heterocycles. The van der Waals surface area contributed by atoms with E-state index in [0.717, 1.165) is 44.1 Å². The lowest BCUT2D eigenvalue weighted by Crippen LogP contribution is -2.06. The molecule has 9 aromatic rings. The SMILES string of the molecule is CC1C=C(c2nc(-n3c4ccccc4c4cc(-c5ccc6sc7c(c6c5)-c5ccc(Br)c6cccc-7c56)ccc43)nc3ccccc23)C=CC1. The number of allylic oxidation sites excluding steroid dienone is 4. The molecule has 0 saturated carbocycles. The van der Waals surface area contributed by atoms with Crippen LogP contribution in [0.4, 0.5) is 0 Å². The molecule has 0 bridgehead atoms. The van der Waals surface area contributed by atoms with Gasteiger partial charge in [-0.3, -0.25) is 4.57 Å². The van der Waals surface area contributed by atoms with Gasteiger partial charge in [0.25, 0.3) is 0 Å². The van der Waals surface area contributed by atoms with E-state index >= 15 is 0 Å². The van der Waals surface area contributed by atoms with Gasteiger partial charge in [0.2, 0.25) is 5.95 Å². The highest BCUT2D eigenvalue weighted by Gasteiger charge is 2.27. The summed E-state index contributed by atoms with van der Waals surface area (Å²) < 4.78 is 4.71. The molecule has 0 spiro atoms. The fourth-order valence-corrected chi connectivity index (χ4v) is 9.94.